The average molecular weight is 445 g/mol. The van der Waals surface area contributed by atoms with Gasteiger partial charge in [-0.1, -0.05) is 23.2 Å². The highest BCUT2D eigenvalue weighted by Gasteiger charge is 2.22. The summed E-state index contributed by atoms with van der Waals surface area (Å²) in [6.45, 7) is 0.782. The van der Waals surface area contributed by atoms with Crippen molar-refractivity contribution < 1.29 is 14.7 Å². The van der Waals surface area contributed by atoms with Gasteiger partial charge in [0.25, 0.3) is 11.8 Å². The van der Waals surface area contributed by atoms with Crippen LogP contribution in [-0.2, 0) is 13.0 Å². The van der Waals surface area contributed by atoms with Crippen LogP contribution in [0.1, 0.15) is 33.0 Å². The summed E-state index contributed by atoms with van der Waals surface area (Å²) >= 11 is 11.9. The van der Waals surface area contributed by atoms with Gasteiger partial charge in [-0.3, -0.25) is 9.59 Å². The highest BCUT2D eigenvalue weighted by molar-refractivity contribution is 6.35. The number of aromatic hydroxyl groups is 1. The number of nitrogens with zero attached hydrogens (tertiary/aromatic N) is 2. The first-order valence-electron chi connectivity index (χ1n) is 9.30. The molecular formula is C21H18Cl2N4O3. The van der Waals surface area contributed by atoms with Crippen molar-refractivity contribution in [3.8, 4) is 5.75 Å². The van der Waals surface area contributed by atoms with Crippen LogP contribution in [0.4, 0.5) is 5.69 Å². The van der Waals surface area contributed by atoms with Crippen molar-refractivity contribution in [3.63, 3.8) is 0 Å². The molecule has 0 radical (unpaired) electrons. The highest BCUT2D eigenvalue weighted by atomic mass is 35.5. The predicted octanol–water partition coefficient (Wildman–Crippen LogP) is 3.89. The molecule has 2 aromatic carbocycles. The second-order valence-electron chi connectivity index (χ2n) is 7.04. The van der Waals surface area contributed by atoms with Gasteiger partial charge in [0.05, 0.1) is 5.56 Å². The van der Waals surface area contributed by atoms with E-state index in [1.807, 2.05) is 6.20 Å². The molecule has 3 aromatic rings. The molecule has 0 saturated heterocycles. The molecule has 4 rings (SSSR count). The molecule has 0 bridgehead atoms. The first kappa shape index (κ1) is 20.3. The maximum absolute atomic E-state index is 12.6. The Hall–Kier alpha value is -3.03. The molecule has 0 saturated carbocycles. The zero-order valence-corrected chi connectivity index (χ0v) is 17.2. The summed E-state index contributed by atoms with van der Waals surface area (Å²) in [5.41, 5.74) is 0.752. The number of carbonyl (C=O) groups excluding carboxylic acids is 2. The molecule has 0 spiro atoms. The van der Waals surface area contributed by atoms with Crippen molar-refractivity contribution in [2.24, 2.45) is 0 Å². The monoisotopic (exact) mass is 444 g/mol. The number of benzene rings is 2. The largest absolute Gasteiger partial charge is 0.507 e. The van der Waals surface area contributed by atoms with Crippen LogP contribution in [0.25, 0.3) is 0 Å². The maximum Gasteiger partial charge on any atom is 0.255 e. The summed E-state index contributed by atoms with van der Waals surface area (Å²) in [4.78, 5) is 29.3. The van der Waals surface area contributed by atoms with Gasteiger partial charge < -0.3 is 20.3 Å². The number of anilines is 1. The van der Waals surface area contributed by atoms with Crippen LogP contribution in [0.5, 0.6) is 5.75 Å². The van der Waals surface area contributed by atoms with E-state index in [0.717, 1.165) is 18.8 Å². The number of phenols is 1. The van der Waals surface area contributed by atoms with E-state index < -0.39 is 5.91 Å². The fourth-order valence-corrected chi connectivity index (χ4v) is 3.95. The number of carbonyl (C=O) groups is 2. The lowest BCUT2D eigenvalue weighted by atomic mass is 10.1. The molecule has 7 nitrogen and oxygen atoms in total. The van der Waals surface area contributed by atoms with Gasteiger partial charge in [-0.15, -0.1) is 0 Å². The summed E-state index contributed by atoms with van der Waals surface area (Å²) in [6, 6.07) is 8.78. The SMILES string of the molecule is O=C(Nc1ccc(C(=O)NC2CCn3ccnc3C2)c(O)c1)c1cc(Cl)cc(Cl)c1. The molecule has 30 heavy (non-hydrogen) atoms. The number of rotatable bonds is 4. The summed E-state index contributed by atoms with van der Waals surface area (Å²) < 4.78 is 2.06. The van der Waals surface area contributed by atoms with Crippen LogP contribution in [0.15, 0.2) is 48.8 Å². The van der Waals surface area contributed by atoms with Crippen molar-refractivity contribution >= 4 is 40.7 Å². The van der Waals surface area contributed by atoms with Crippen LogP contribution in [0.3, 0.4) is 0 Å². The van der Waals surface area contributed by atoms with Crippen molar-refractivity contribution in [2.45, 2.75) is 25.4 Å². The van der Waals surface area contributed by atoms with Crippen LogP contribution < -0.4 is 10.6 Å². The van der Waals surface area contributed by atoms with Gasteiger partial charge in [0, 0.05) is 58.8 Å². The number of imidazole rings is 1. The van der Waals surface area contributed by atoms with E-state index in [4.69, 9.17) is 23.2 Å². The van der Waals surface area contributed by atoms with Crippen LogP contribution >= 0.6 is 23.2 Å². The molecule has 0 aliphatic carbocycles. The third-order valence-corrected chi connectivity index (χ3v) is 5.35. The van der Waals surface area contributed by atoms with E-state index in [-0.39, 0.29) is 28.8 Å². The predicted molar refractivity (Wildman–Crippen MR) is 114 cm³/mol. The number of hydrogen-bond donors (Lipinski definition) is 3. The standard InChI is InChI=1S/C21H18Cl2N4O3/c22-13-7-12(8-14(23)9-13)20(29)25-15-1-2-17(18(28)10-15)21(30)26-16-3-5-27-6-4-24-19(27)11-16/h1-2,4,6-10,16,28H,3,5,11H2,(H,25,29)(H,26,30). The van der Waals surface area contributed by atoms with E-state index in [1.165, 1.54) is 30.3 Å². The molecule has 1 aliphatic heterocycles. The Labute approximate surface area is 182 Å². The fourth-order valence-electron chi connectivity index (χ4n) is 3.43. The van der Waals surface area contributed by atoms with Gasteiger partial charge in [0.1, 0.15) is 11.6 Å². The second kappa shape index (κ2) is 8.38. The third kappa shape index (κ3) is 4.42. The lowest BCUT2D eigenvalue weighted by Crippen LogP contribution is -2.40. The number of halogens is 2. The summed E-state index contributed by atoms with van der Waals surface area (Å²) in [5, 5.41) is 16.6. The smallest absolute Gasteiger partial charge is 0.255 e. The number of aryl methyl sites for hydroxylation is 1. The highest BCUT2D eigenvalue weighted by Crippen LogP contribution is 2.24. The molecule has 2 amide bonds. The van der Waals surface area contributed by atoms with Gasteiger partial charge >= 0.3 is 0 Å². The summed E-state index contributed by atoms with van der Waals surface area (Å²) in [7, 11) is 0. The quantitative estimate of drug-likeness (QED) is 0.568. The minimum atomic E-state index is -0.436. The Kier molecular flexibility index (Phi) is 5.65. The minimum absolute atomic E-state index is 0.0567. The Balaban J connectivity index is 1.42. The van der Waals surface area contributed by atoms with Crippen LogP contribution in [-0.4, -0.2) is 32.5 Å². The number of phenolic OH excluding ortho intramolecular Hbond substituents is 1. The van der Waals surface area contributed by atoms with Crippen molar-refractivity contribution in [1.29, 1.82) is 0 Å². The van der Waals surface area contributed by atoms with E-state index in [2.05, 4.69) is 20.2 Å². The van der Waals surface area contributed by atoms with E-state index in [0.29, 0.717) is 22.2 Å². The first-order chi connectivity index (χ1) is 14.4. The molecular weight excluding hydrogens is 427 g/mol. The lowest BCUT2D eigenvalue weighted by Gasteiger charge is -2.24. The van der Waals surface area contributed by atoms with Crippen LogP contribution in [0.2, 0.25) is 10.0 Å². The first-order valence-corrected chi connectivity index (χ1v) is 10.1. The van der Waals surface area contributed by atoms with Gasteiger partial charge in [0.15, 0.2) is 0 Å². The number of aromatic nitrogens is 2. The zero-order valence-electron chi connectivity index (χ0n) is 15.7. The minimum Gasteiger partial charge on any atom is -0.507 e. The third-order valence-electron chi connectivity index (χ3n) is 4.91. The number of hydrogen-bond acceptors (Lipinski definition) is 4. The van der Waals surface area contributed by atoms with Crippen molar-refractivity contribution in [2.75, 3.05) is 5.32 Å². The topological polar surface area (TPSA) is 96.3 Å². The fraction of sp³-hybridized carbons (Fsp3) is 0.190. The van der Waals surface area contributed by atoms with Gasteiger partial charge in [-0.05, 0) is 36.8 Å². The number of amides is 2. The Morgan fingerprint density at radius 1 is 1.10 bits per heavy atom. The molecule has 3 N–H and O–H groups in total. The number of fused-ring (bicyclic) bond motifs is 1. The molecule has 154 valence electrons. The second-order valence-corrected chi connectivity index (χ2v) is 7.92. The summed E-state index contributed by atoms with van der Waals surface area (Å²) in [5.74, 6) is -0.118. The lowest BCUT2D eigenvalue weighted by molar-refractivity contribution is 0.0927. The maximum atomic E-state index is 12.6. The van der Waals surface area contributed by atoms with E-state index in [9.17, 15) is 14.7 Å². The normalized spacial score (nSPS) is 15.3. The Bertz CT molecular complexity index is 1110. The summed E-state index contributed by atoms with van der Waals surface area (Å²) in [6.07, 6.45) is 5.08. The average Bonchev–Trinajstić information content (AvgIpc) is 3.15. The van der Waals surface area contributed by atoms with E-state index in [1.54, 1.807) is 12.3 Å². The van der Waals surface area contributed by atoms with Crippen molar-refractivity contribution in [1.82, 2.24) is 14.9 Å². The molecule has 0 fully saturated rings. The zero-order chi connectivity index (χ0) is 21.3. The molecule has 1 aromatic heterocycles. The Morgan fingerprint density at radius 3 is 2.60 bits per heavy atom. The van der Waals surface area contributed by atoms with Gasteiger partial charge in [0.2, 0.25) is 0 Å². The molecule has 9 heteroatoms. The Morgan fingerprint density at radius 2 is 1.87 bits per heavy atom. The molecule has 1 aliphatic rings. The van der Waals surface area contributed by atoms with Crippen LogP contribution in [0, 0.1) is 0 Å². The molecule has 1 atom stereocenters. The molecule has 2 heterocycles. The number of nitrogens with one attached hydrogen (secondary N) is 2. The molecule has 1 unspecified atom stereocenters. The van der Waals surface area contributed by atoms with Gasteiger partial charge in [-0.25, -0.2) is 4.98 Å². The van der Waals surface area contributed by atoms with Gasteiger partial charge in [-0.2, -0.15) is 0 Å². The van der Waals surface area contributed by atoms with E-state index >= 15 is 0 Å². The van der Waals surface area contributed by atoms with Crippen molar-refractivity contribution in [3.05, 3.63) is 75.8 Å².